The highest BCUT2D eigenvalue weighted by molar-refractivity contribution is 5.89. The van der Waals surface area contributed by atoms with Crippen LogP contribution in [-0.4, -0.2) is 0 Å². The Morgan fingerprint density at radius 1 is 0.545 bits per heavy atom. The summed E-state index contributed by atoms with van der Waals surface area (Å²) in [5.74, 6) is 0. The molecule has 5 aromatic carbocycles. The van der Waals surface area contributed by atoms with Gasteiger partial charge in [0, 0.05) is 5.41 Å². The van der Waals surface area contributed by atoms with Crippen molar-refractivity contribution in [1.29, 1.82) is 0 Å². The number of benzene rings is 5. The highest BCUT2D eigenvalue weighted by Crippen LogP contribution is 2.50. The summed E-state index contributed by atoms with van der Waals surface area (Å²) in [7, 11) is 0. The van der Waals surface area contributed by atoms with Gasteiger partial charge in [-0.2, -0.15) is 0 Å². The summed E-state index contributed by atoms with van der Waals surface area (Å²) < 4.78 is 0. The van der Waals surface area contributed by atoms with Gasteiger partial charge in [-0.05, 0) is 80.8 Å². The molecule has 0 saturated carbocycles. The van der Waals surface area contributed by atoms with Crippen molar-refractivity contribution >= 4 is 10.8 Å². The number of fused-ring (bicyclic) bond motifs is 4. The zero-order valence-corrected chi connectivity index (χ0v) is 19.5. The monoisotopic (exact) mass is 424 g/mol. The molecular formula is C33H28. The third-order valence-electron chi connectivity index (χ3n) is 7.35. The molecule has 0 nitrogen and oxygen atoms in total. The Morgan fingerprint density at radius 3 is 1.94 bits per heavy atom. The van der Waals surface area contributed by atoms with Crippen molar-refractivity contribution in [2.24, 2.45) is 0 Å². The van der Waals surface area contributed by atoms with Gasteiger partial charge in [-0.1, -0.05) is 110 Å². The van der Waals surface area contributed by atoms with E-state index in [1.165, 1.54) is 60.8 Å². The summed E-state index contributed by atoms with van der Waals surface area (Å²) in [4.78, 5) is 0. The average Bonchev–Trinajstić information content (AvgIpc) is 3.06. The van der Waals surface area contributed by atoms with Gasteiger partial charge in [0.25, 0.3) is 0 Å². The van der Waals surface area contributed by atoms with E-state index in [-0.39, 0.29) is 5.41 Å². The van der Waals surface area contributed by atoms with Crippen LogP contribution in [0.15, 0.2) is 103 Å². The normalized spacial score (nSPS) is 13.7. The molecule has 33 heavy (non-hydrogen) atoms. The second kappa shape index (κ2) is 7.46. The zero-order valence-electron chi connectivity index (χ0n) is 19.5. The number of rotatable bonds is 3. The predicted molar refractivity (Wildman–Crippen MR) is 141 cm³/mol. The molecule has 0 radical (unpaired) electrons. The Balaban J connectivity index is 1.39. The number of hydrogen-bond acceptors (Lipinski definition) is 0. The highest BCUT2D eigenvalue weighted by Gasteiger charge is 2.35. The molecule has 5 aromatic rings. The third kappa shape index (κ3) is 3.38. The van der Waals surface area contributed by atoms with Crippen LogP contribution >= 0.6 is 0 Å². The molecule has 0 unspecified atom stereocenters. The van der Waals surface area contributed by atoms with Crippen LogP contribution in [0.4, 0.5) is 0 Å². The Kier molecular flexibility index (Phi) is 4.52. The topological polar surface area (TPSA) is 0 Å². The molecule has 0 aliphatic heterocycles. The molecule has 1 aliphatic rings. The van der Waals surface area contributed by atoms with Crippen LogP contribution in [0, 0.1) is 6.92 Å². The Labute approximate surface area is 196 Å². The molecule has 0 spiro atoms. The highest BCUT2D eigenvalue weighted by atomic mass is 14.4. The second-order valence-electron chi connectivity index (χ2n) is 9.99. The van der Waals surface area contributed by atoms with E-state index in [2.05, 4.69) is 124 Å². The molecule has 0 atom stereocenters. The number of hydrogen-bond donors (Lipinski definition) is 0. The first-order valence-electron chi connectivity index (χ1n) is 11.8. The van der Waals surface area contributed by atoms with Gasteiger partial charge < -0.3 is 0 Å². The SMILES string of the molecule is Cc1ccc(Cc2ccc3c(c2)C(C)(C)c2cc(-c4ccc5ccccc5c4)ccc2-3)cc1. The molecular weight excluding hydrogens is 396 g/mol. The fourth-order valence-electron chi connectivity index (χ4n) is 5.38. The van der Waals surface area contributed by atoms with Crippen LogP contribution in [0.5, 0.6) is 0 Å². The summed E-state index contributed by atoms with van der Waals surface area (Å²) in [6.07, 6.45) is 0.975. The van der Waals surface area contributed by atoms with E-state index in [0.717, 1.165) is 6.42 Å². The lowest BCUT2D eigenvalue weighted by Crippen LogP contribution is -2.15. The maximum Gasteiger partial charge on any atom is 0.0159 e. The van der Waals surface area contributed by atoms with Crippen molar-refractivity contribution in [3.63, 3.8) is 0 Å². The summed E-state index contributed by atoms with van der Waals surface area (Å²) in [5, 5.41) is 2.58. The quantitative estimate of drug-likeness (QED) is 0.272. The van der Waals surface area contributed by atoms with Crippen LogP contribution in [0.25, 0.3) is 33.0 Å². The Bertz CT molecular complexity index is 1500. The van der Waals surface area contributed by atoms with Gasteiger partial charge in [0.1, 0.15) is 0 Å². The fraction of sp³-hybridized carbons (Fsp3) is 0.152. The zero-order chi connectivity index (χ0) is 22.6. The summed E-state index contributed by atoms with van der Waals surface area (Å²) in [6.45, 7) is 6.89. The summed E-state index contributed by atoms with van der Waals surface area (Å²) >= 11 is 0. The first kappa shape index (κ1) is 20.0. The van der Waals surface area contributed by atoms with E-state index in [0.29, 0.717) is 0 Å². The number of aryl methyl sites for hydroxylation is 1. The maximum absolute atomic E-state index is 2.44. The second-order valence-corrected chi connectivity index (χ2v) is 9.99. The minimum Gasteiger partial charge on any atom is -0.0616 e. The summed E-state index contributed by atoms with van der Waals surface area (Å²) in [5.41, 5.74) is 12.2. The van der Waals surface area contributed by atoms with Crippen molar-refractivity contribution in [3.05, 3.63) is 131 Å². The van der Waals surface area contributed by atoms with Gasteiger partial charge in [0.2, 0.25) is 0 Å². The molecule has 0 N–H and O–H groups in total. The van der Waals surface area contributed by atoms with Crippen molar-refractivity contribution < 1.29 is 0 Å². The van der Waals surface area contributed by atoms with Gasteiger partial charge >= 0.3 is 0 Å². The molecule has 0 heteroatoms. The molecule has 0 saturated heterocycles. The predicted octanol–water partition coefficient (Wildman–Crippen LogP) is 8.71. The smallest absolute Gasteiger partial charge is 0.0159 e. The first-order chi connectivity index (χ1) is 16.0. The van der Waals surface area contributed by atoms with Crippen molar-refractivity contribution in [1.82, 2.24) is 0 Å². The molecule has 6 rings (SSSR count). The minimum atomic E-state index is -0.0131. The lowest BCUT2D eigenvalue weighted by atomic mass is 9.81. The van der Waals surface area contributed by atoms with Gasteiger partial charge in [0.15, 0.2) is 0 Å². The van der Waals surface area contributed by atoms with Crippen molar-refractivity contribution in [3.8, 4) is 22.3 Å². The maximum atomic E-state index is 2.44. The van der Waals surface area contributed by atoms with E-state index in [1.54, 1.807) is 0 Å². The van der Waals surface area contributed by atoms with E-state index in [9.17, 15) is 0 Å². The molecule has 0 aromatic heterocycles. The molecule has 0 heterocycles. The van der Waals surface area contributed by atoms with Crippen LogP contribution in [0.2, 0.25) is 0 Å². The van der Waals surface area contributed by atoms with Gasteiger partial charge in [-0.15, -0.1) is 0 Å². The average molecular weight is 425 g/mol. The van der Waals surface area contributed by atoms with Crippen molar-refractivity contribution in [2.75, 3.05) is 0 Å². The third-order valence-corrected chi connectivity index (χ3v) is 7.35. The molecule has 160 valence electrons. The lowest BCUT2D eigenvalue weighted by molar-refractivity contribution is 0.659. The van der Waals surface area contributed by atoms with Crippen LogP contribution in [-0.2, 0) is 11.8 Å². The first-order valence-corrected chi connectivity index (χ1v) is 11.8. The minimum absolute atomic E-state index is 0.0131. The van der Waals surface area contributed by atoms with Crippen molar-refractivity contribution in [2.45, 2.75) is 32.6 Å². The Morgan fingerprint density at radius 2 is 1.15 bits per heavy atom. The largest absolute Gasteiger partial charge is 0.0616 e. The van der Waals surface area contributed by atoms with Crippen LogP contribution < -0.4 is 0 Å². The van der Waals surface area contributed by atoms with E-state index in [1.807, 2.05) is 0 Å². The van der Waals surface area contributed by atoms with E-state index in [4.69, 9.17) is 0 Å². The molecule has 0 amide bonds. The van der Waals surface area contributed by atoms with Crippen LogP contribution in [0.3, 0.4) is 0 Å². The van der Waals surface area contributed by atoms with Crippen LogP contribution in [0.1, 0.15) is 41.7 Å². The lowest BCUT2D eigenvalue weighted by Gasteiger charge is -2.22. The molecule has 1 aliphatic carbocycles. The standard InChI is InChI=1S/C33H28/c1-22-8-10-23(11-9-22)18-24-12-16-29-30-17-15-28(21-32(30)33(2,3)31(29)19-24)27-14-13-25-6-4-5-7-26(25)20-27/h4-17,19-21H,18H2,1-3H3. The van der Waals surface area contributed by atoms with Gasteiger partial charge in [-0.25, -0.2) is 0 Å². The van der Waals surface area contributed by atoms with Gasteiger partial charge in [0.05, 0.1) is 0 Å². The molecule has 0 fully saturated rings. The van der Waals surface area contributed by atoms with E-state index < -0.39 is 0 Å². The Hall–Kier alpha value is -3.64. The fourth-order valence-corrected chi connectivity index (χ4v) is 5.38. The molecule has 0 bridgehead atoms. The van der Waals surface area contributed by atoms with E-state index >= 15 is 0 Å². The van der Waals surface area contributed by atoms with Gasteiger partial charge in [-0.3, -0.25) is 0 Å². The summed E-state index contributed by atoms with van der Waals surface area (Å²) in [6, 6.07) is 38.4.